The average molecular weight is 569 g/mol. The van der Waals surface area contributed by atoms with Crippen molar-refractivity contribution in [3.8, 4) is 0 Å². The second kappa shape index (κ2) is 14.1. The van der Waals surface area contributed by atoms with E-state index in [0.29, 0.717) is 11.3 Å². The molecule has 1 aromatic carbocycles. The number of amides is 4. The Morgan fingerprint density at radius 2 is 1.66 bits per heavy atom. The number of hydrogen-bond acceptors (Lipinski definition) is 7. The molecule has 0 saturated carbocycles. The van der Waals surface area contributed by atoms with E-state index in [1.54, 1.807) is 20.0 Å². The van der Waals surface area contributed by atoms with E-state index in [2.05, 4.69) is 30.9 Å². The van der Waals surface area contributed by atoms with Gasteiger partial charge in [0.25, 0.3) is 0 Å². The number of hydrogen-bond donors (Lipinski definition) is 8. The predicted molar refractivity (Wildman–Crippen MR) is 149 cm³/mol. The van der Waals surface area contributed by atoms with Crippen molar-refractivity contribution in [2.24, 2.45) is 17.4 Å². The fraction of sp³-hybridized carbons (Fsp3) is 0.407. The molecule has 0 radical (unpaired) electrons. The maximum absolute atomic E-state index is 13.4. The Morgan fingerprint density at radius 3 is 2.29 bits per heavy atom. The molecule has 0 aliphatic rings. The number of H-pyrrole nitrogens is 2. The van der Waals surface area contributed by atoms with Gasteiger partial charge in [-0.3, -0.25) is 19.2 Å². The topological polar surface area (TPSA) is 238 Å². The number of imidazole rings is 1. The van der Waals surface area contributed by atoms with Crippen LogP contribution in [-0.4, -0.2) is 73.8 Å². The number of carbonyl (C=O) groups excluding carboxylic acids is 4. The maximum atomic E-state index is 13.4. The number of aromatic amines is 2. The molecule has 2 heterocycles. The van der Waals surface area contributed by atoms with Crippen LogP contribution in [0, 0.1) is 5.92 Å². The van der Waals surface area contributed by atoms with Gasteiger partial charge in [0.15, 0.2) is 0 Å². The van der Waals surface area contributed by atoms with E-state index in [1.807, 2.05) is 24.3 Å². The number of aromatic nitrogens is 3. The minimum Gasteiger partial charge on any atom is -0.480 e. The SMILES string of the molecule is CC(C)C(NC(=O)C(Cc1cnc[nH]1)NC(=O)C(N)CCC(N)=O)C(=O)NC(Cc1c[nH]c2ccccc12)C(=O)O. The number of benzene rings is 1. The molecule has 14 heteroatoms. The highest BCUT2D eigenvalue weighted by atomic mass is 16.4. The summed E-state index contributed by atoms with van der Waals surface area (Å²) in [5, 5.41) is 18.4. The number of nitrogens with zero attached hydrogens (tertiary/aromatic N) is 1. The van der Waals surface area contributed by atoms with Crippen molar-refractivity contribution >= 4 is 40.5 Å². The van der Waals surface area contributed by atoms with Crippen molar-refractivity contribution in [3.63, 3.8) is 0 Å². The van der Waals surface area contributed by atoms with E-state index in [0.717, 1.165) is 10.9 Å². The number of nitrogens with one attached hydrogen (secondary N) is 5. The number of carboxylic acid groups (broad SMARTS) is 1. The molecule has 10 N–H and O–H groups in total. The standard InChI is InChI=1S/C27H36N8O6/c1-14(2)23(26(39)34-21(27(40)41)9-15-11-31-19-6-4-3-5-17(15)19)35-25(38)20(10-16-12-30-13-32-16)33-24(37)18(28)7-8-22(29)36/h3-6,11-14,18,20-21,23,31H,7-10,28H2,1-2H3,(H2,29,36)(H,30,32)(H,33,37)(H,34,39)(H,35,38)(H,40,41). The van der Waals surface area contributed by atoms with E-state index in [9.17, 15) is 29.1 Å². The zero-order valence-corrected chi connectivity index (χ0v) is 22.8. The zero-order chi connectivity index (χ0) is 30.1. The maximum Gasteiger partial charge on any atom is 0.326 e. The van der Waals surface area contributed by atoms with Crippen LogP contribution >= 0.6 is 0 Å². The fourth-order valence-corrected chi connectivity index (χ4v) is 4.30. The third kappa shape index (κ3) is 8.63. The molecule has 220 valence electrons. The van der Waals surface area contributed by atoms with Crippen LogP contribution in [0.15, 0.2) is 43.0 Å². The minimum atomic E-state index is -1.26. The third-order valence-electron chi connectivity index (χ3n) is 6.61. The van der Waals surface area contributed by atoms with Crippen molar-refractivity contribution < 1.29 is 29.1 Å². The van der Waals surface area contributed by atoms with Gasteiger partial charge in [0, 0.05) is 48.3 Å². The lowest BCUT2D eigenvalue weighted by Gasteiger charge is -2.27. The van der Waals surface area contributed by atoms with Crippen molar-refractivity contribution in [2.75, 3.05) is 0 Å². The number of rotatable bonds is 15. The molecule has 0 aliphatic carbocycles. The number of primary amides is 1. The predicted octanol–water partition coefficient (Wildman–Crippen LogP) is -0.536. The molecule has 3 rings (SSSR count). The van der Waals surface area contributed by atoms with Gasteiger partial charge in [0.05, 0.1) is 12.4 Å². The second-order valence-corrected chi connectivity index (χ2v) is 10.1. The van der Waals surface area contributed by atoms with Crippen molar-refractivity contribution in [1.82, 2.24) is 30.9 Å². The van der Waals surface area contributed by atoms with E-state index < -0.39 is 59.7 Å². The lowest BCUT2D eigenvalue weighted by molar-refractivity contribution is -0.142. The molecule has 4 unspecified atom stereocenters. The van der Waals surface area contributed by atoms with Gasteiger partial charge in [-0.1, -0.05) is 32.0 Å². The summed E-state index contributed by atoms with van der Waals surface area (Å²) in [5.41, 5.74) is 13.1. The van der Waals surface area contributed by atoms with Gasteiger partial charge in [-0.05, 0) is 24.0 Å². The largest absolute Gasteiger partial charge is 0.480 e. The summed E-state index contributed by atoms with van der Waals surface area (Å²) < 4.78 is 0. The molecule has 3 aromatic rings. The molecule has 0 fully saturated rings. The summed E-state index contributed by atoms with van der Waals surface area (Å²) in [5.74, 6) is -4.33. The Labute approximate surface area is 236 Å². The lowest BCUT2D eigenvalue weighted by Crippen LogP contribution is -2.59. The van der Waals surface area contributed by atoms with Crippen LogP contribution in [0.25, 0.3) is 10.9 Å². The quantitative estimate of drug-likeness (QED) is 0.118. The molecular weight excluding hydrogens is 532 g/mol. The highest BCUT2D eigenvalue weighted by Crippen LogP contribution is 2.19. The van der Waals surface area contributed by atoms with Gasteiger partial charge in [0.1, 0.15) is 18.1 Å². The summed E-state index contributed by atoms with van der Waals surface area (Å²) in [4.78, 5) is 72.3. The van der Waals surface area contributed by atoms with E-state index >= 15 is 0 Å². The first-order valence-corrected chi connectivity index (χ1v) is 13.2. The molecule has 0 spiro atoms. The highest BCUT2D eigenvalue weighted by Gasteiger charge is 2.32. The monoisotopic (exact) mass is 568 g/mol. The highest BCUT2D eigenvalue weighted by molar-refractivity contribution is 5.94. The number of para-hydroxylation sites is 1. The molecule has 2 aromatic heterocycles. The van der Waals surface area contributed by atoms with Crippen LogP contribution in [0.1, 0.15) is 37.9 Å². The zero-order valence-electron chi connectivity index (χ0n) is 22.8. The first-order valence-electron chi connectivity index (χ1n) is 13.2. The third-order valence-corrected chi connectivity index (χ3v) is 6.61. The molecule has 4 atom stereocenters. The van der Waals surface area contributed by atoms with E-state index in [-0.39, 0.29) is 25.7 Å². The number of fused-ring (bicyclic) bond motifs is 1. The number of carbonyl (C=O) groups is 5. The summed E-state index contributed by atoms with van der Waals surface area (Å²) in [6, 6.07) is 2.78. The average Bonchev–Trinajstić information content (AvgIpc) is 3.59. The van der Waals surface area contributed by atoms with Crippen molar-refractivity contribution in [1.29, 1.82) is 0 Å². The minimum absolute atomic E-state index is 0.00482. The second-order valence-electron chi connectivity index (χ2n) is 10.1. The first-order chi connectivity index (χ1) is 19.5. The summed E-state index contributed by atoms with van der Waals surface area (Å²) in [7, 11) is 0. The lowest BCUT2D eigenvalue weighted by atomic mass is 10.00. The van der Waals surface area contributed by atoms with Gasteiger partial charge >= 0.3 is 5.97 Å². The Balaban J connectivity index is 1.73. The van der Waals surface area contributed by atoms with Gasteiger partial charge in [-0.2, -0.15) is 0 Å². The number of aliphatic carboxylic acids is 1. The van der Waals surface area contributed by atoms with Crippen LogP contribution in [0.5, 0.6) is 0 Å². The molecule has 0 aliphatic heterocycles. The van der Waals surface area contributed by atoms with Gasteiger partial charge in [-0.15, -0.1) is 0 Å². The Morgan fingerprint density at radius 1 is 0.951 bits per heavy atom. The molecular formula is C27H36N8O6. The Kier molecular flexibility index (Phi) is 10.6. The van der Waals surface area contributed by atoms with Crippen molar-refractivity contribution in [3.05, 3.63) is 54.2 Å². The smallest absolute Gasteiger partial charge is 0.326 e. The molecule has 4 amide bonds. The fourth-order valence-electron chi connectivity index (χ4n) is 4.30. The Bertz CT molecular complexity index is 1370. The van der Waals surface area contributed by atoms with E-state index in [1.165, 1.54) is 12.5 Å². The first kappa shape index (κ1) is 30.8. The van der Waals surface area contributed by atoms with Crippen LogP contribution in [-0.2, 0) is 36.8 Å². The molecule has 0 bridgehead atoms. The van der Waals surface area contributed by atoms with Gasteiger partial charge in [-0.25, -0.2) is 9.78 Å². The summed E-state index contributed by atoms with van der Waals surface area (Å²) in [6.07, 6.45) is 4.50. The van der Waals surface area contributed by atoms with Gasteiger partial charge in [0.2, 0.25) is 23.6 Å². The normalized spacial score (nSPS) is 14.1. The summed E-state index contributed by atoms with van der Waals surface area (Å²) >= 11 is 0. The van der Waals surface area contributed by atoms with Crippen molar-refractivity contribution in [2.45, 2.75) is 63.7 Å². The molecule has 14 nitrogen and oxygen atoms in total. The van der Waals surface area contributed by atoms with Gasteiger partial charge < -0.3 is 42.5 Å². The number of carboxylic acids is 1. The van der Waals surface area contributed by atoms with E-state index in [4.69, 9.17) is 11.5 Å². The molecule has 0 saturated heterocycles. The number of nitrogens with two attached hydrogens (primary N) is 2. The van der Waals surface area contributed by atoms with Crippen LogP contribution in [0.2, 0.25) is 0 Å². The molecule has 41 heavy (non-hydrogen) atoms. The van der Waals surface area contributed by atoms with Crippen LogP contribution < -0.4 is 27.4 Å². The van der Waals surface area contributed by atoms with Crippen LogP contribution in [0.4, 0.5) is 0 Å². The Hall–Kier alpha value is -4.72. The summed E-state index contributed by atoms with van der Waals surface area (Å²) in [6.45, 7) is 3.39. The van der Waals surface area contributed by atoms with Crippen LogP contribution in [0.3, 0.4) is 0 Å².